The van der Waals surface area contributed by atoms with Crippen LogP contribution in [0.3, 0.4) is 0 Å². The zero-order valence-corrected chi connectivity index (χ0v) is 35.8. The highest BCUT2D eigenvalue weighted by Crippen LogP contribution is 2.43. The molecule has 60 heavy (non-hydrogen) atoms. The Morgan fingerprint density at radius 3 is 1.33 bits per heavy atom. The van der Waals surface area contributed by atoms with Gasteiger partial charge in [0, 0.05) is 0 Å². The number of imide groups is 2. The van der Waals surface area contributed by atoms with E-state index in [9.17, 15) is 29.4 Å². The van der Waals surface area contributed by atoms with Crippen molar-refractivity contribution < 1.29 is 29.4 Å². The number of likely N-dealkylation sites (tertiary alicyclic amines) is 2. The van der Waals surface area contributed by atoms with Gasteiger partial charge in [0.1, 0.15) is 11.6 Å². The molecule has 3 aromatic carbocycles. The van der Waals surface area contributed by atoms with Gasteiger partial charge >= 0.3 is 12.2 Å². The molecule has 14 heteroatoms. The van der Waals surface area contributed by atoms with Gasteiger partial charge in [-0.1, -0.05) is 79.7 Å². The summed E-state index contributed by atoms with van der Waals surface area (Å²) in [6.45, 7) is 18.0. The Bertz CT molecular complexity index is 2260. The number of H-pyrrole nitrogens is 2. The zero-order valence-electron chi connectivity index (χ0n) is 35.8. The molecule has 2 aliphatic rings. The van der Waals surface area contributed by atoms with E-state index in [2.05, 4.69) is 94.5 Å². The molecule has 5 aromatic rings. The highest BCUT2D eigenvalue weighted by Gasteiger charge is 2.41. The molecule has 2 fully saturated rings. The van der Waals surface area contributed by atoms with E-state index in [-0.39, 0.29) is 35.8 Å². The van der Waals surface area contributed by atoms with Crippen molar-refractivity contribution in [1.82, 2.24) is 40.4 Å². The summed E-state index contributed by atoms with van der Waals surface area (Å²) in [5, 5.41) is 22.7. The van der Waals surface area contributed by atoms with Gasteiger partial charge in [0.15, 0.2) is 0 Å². The van der Waals surface area contributed by atoms with Crippen LogP contribution in [0.2, 0.25) is 0 Å². The molecule has 4 atom stereocenters. The molecule has 0 aliphatic carbocycles. The number of hydrogen-bond acceptors (Lipinski definition) is 8. The third-order valence-corrected chi connectivity index (χ3v) is 12.3. The molecule has 0 bridgehead atoms. The number of carbonyl (C=O) groups is 4. The SMILES string of the molecule is CC(C)c1c(-c2ccc3nc(C4CCCN4[C@H](C(=O)NC(=O)O)C(C)C)[nH]c3c2)ccc(-c2ccc3nc(C4CCCN4[C@H](C(=O)NC(=O)O)C(C)C)[nH]c3c2)c1C(C)C. The molecule has 7 rings (SSSR count). The highest BCUT2D eigenvalue weighted by molar-refractivity contribution is 5.95. The minimum absolute atomic E-state index is 0.0953. The molecule has 14 nitrogen and oxygen atoms in total. The van der Waals surface area contributed by atoms with Gasteiger partial charge in [-0.05, 0) is 120 Å². The zero-order chi connectivity index (χ0) is 43.2. The highest BCUT2D eigenvalue weighted by atomic mass is 16.4. The van der Waals surface area contributed by atoms with E-state index in [1.807, 2.05) is 39.8 Å². The Morgan fingerprint density at radius 2 is 1.00 bits per heavy atom. The monoisotopic (exact) mass is 818 g/mol. The number of aromatic nitrogens is 4. The van der Waals surface area contributed by atoms with E-state index in [1.54, 1.807) is 0 Å². The van der Waals surface area contributed by atoms with Crippen molar-refractivity contribution >= 4 is 46.1 Å². The Morgan fingerprint density at radius 1 is 0.617 bits per heavy atom. The normalized spacial score (nSPS) is 18.7. The maximum atomic E-state index is 13.0. The molecule has 4 heterocycles. The Balaban J connectivity index is 1.21. The van der Waals surface area contributed by atoms with Crippen LogP contribution in [0.5, 0.6) is 0 Å². The first kappa shape index (κ1) is 42.5. The smallest absolute Gasteiger partial charge is 0.411 e. The van der Waals surface area contributed by atoms with Crippen molar-refractivity contribution in [3.05, 3.63) is 71.3 Å². The lowest BCUT2D eigenvalue weighted by molar-refractivity contribution is -0.128. The van der Waals surface area contributed by atoms with Crippen LogP contribution in [-0.4, -0.2) is 89.1 Å². The van der Waals surface area contributed by atoms with E-state index >= 15 is 0 Å². The van der Waals surface area contributed by atoms with Crippen LogP contribution in [0.25, 0.3) is 44.3 Å². The summed E-state index contributed by atoms with van der Waals surface area (Å²) in [5.74, 6) is 0.761. The van der Waals surface area contributed by atoms with Crippen LogP contribution >= 0.6 is 0 Å². The molecule has 0 spiro atoms. The predicted octanol–water partition coefficient (Wildman–Crippen LogP) is 8.93. The van der Waals surface area contributed by atoms with E-state index in [1.165, 1.54) is 11.1 Å². The first-order chi connectivity index (χ1) is 28.5. The molecule has 4 amide bonds. The number of carboxylic acid groups (broad SMARTS) is 2. The minimum atomic E-state index is -1.35. The quantitative estimate of drug-likeness (QED) is 0.0707. The number of aromatic amines is 2. The number of imidazole rings is 2. The lowest BCUT2D eigenvalue weighted by Gasteiger charge is -2.33. The van der Waals surface area contributed by atoms with Gasteiger partial charge in [-0.15, -0.1) is 0 Å². The molecule has 2 saturated heterocycles. The molecular weight excluding hydrogens is 761 g/mol. The third-order valence-electron chi connectivity index (χ3n) is 12.3. The van der Waals surface area contributed by atoms with Gasteiger partial charge in [0.05, 0.1) is 46.2 Å². The van der Waals surface area contributed by atoms with Gasteiger partial charge < -0.3 is 20.2 Å². The Labute approximate surface area is 350 Å². The number of fused-ring (bicyclic) bond motifs is 2. The second-order valence-corrected chi connectivity index (χ2v) is 17.8. The van der Waals surface area contributed by atoms with Gasteiger partial charge in [-0.25, -0.2) is 19.6 Å². The van der Waals surface area contributed by atoms with Crippen molar-refractivity contribution in [2.45, 2.75) is 117 Å². The second-order valence-electron chi connectivity index (χ2n) is 17.8. The van der Waals surface area contributed by atoms with Crippen molar-refractivity contribution in [1.29, 1.82) is 0 Å². The summed E-state index contributed by atoms with van der Waals surface area (Å²) in [6.07, 6.45) is 0.673. The molecule has 0 saturated carbocycles. The van der Waals surface area contributed by atoms with Gasteiger partial charge in [-0.3, -0.25) is 30.0 Å². The summed E-state index contributed by atoms with van der Waals surface area (Å²) >= 11 is 0. The largest absolute Gasteiger partial charge is 0.465 e. The van der Waals surface area contributed by atoms with E-state index < -0.39 is 36.1 Å². The first-order valence-corrected chi connectivity index (χ1v) is 21.3. The number of nitrogens with one attached hydrogen (secondary N) is 4. The summed E-state index contributed by atoms with van der Waals surface area (Å²) < 4.78 is 0. The van der Waals surface area contributed by atoms with E-state index in [0.29, 0.717) is 13.1 Å². The van der Waals surface area contributed by atoms with Crippen molar-refractivity contribution in [3.63, 3.8) is 0 Å². The summed E-state index contributed by atoms with van der Waals surface area (Å²) in [7, 11) is 0. The van der Waals surface area contributed by atoms with Crippen molar-refractivity contribution in [2.75, 3.05) is 13.1 Å². The number of amides is 4. The standard InChI is InChI=1S/C46H58N8O6/c1-23(2)37-29(27-13-17-31-33(21-27)49-41(47-31)35-11-9-19-53(35)39(25(5)6)43(55)51-45(57)58)15-16-30(38(37)24(3)4)28-14-18-32-34(22-28)50-42(48-32)36-12-10-20-54(36)40(26(7)8)44(56)52-46(59)60/h13-18,21-26,35-36,39-40H,9-12,19-20H2,1-8H3,(H,47,49)(H,48,50)(H,51,55)(H,52,56)(H,57,58)(H,59,60)/t35?,36?,39-,40-/m0/s1. The maximum Gasteiger partial charge on any atom is 0.411 e. The van der Waals surface area contributed by atoms with Crippen LogP contribution in [0, 0.1) is 11.8 Å². The number of carbonyl (C=O) groups excluding carboxylic acids is 2. The predicted molar refractivity (Wildman–Crippen MR) is 232 cm³/mol. The van der Waals surface area contributed by atoms with Crippen LogP contribution in [0.1, 0.15) is 128 Å². The number of hydrogen-bond donors (Lipinski definition) is 6. The lowest BCUT2D eigenvalue weighted by atomic mass is 9.80. The lowest BCUT2D eigenvalue weighted by Crippen LogP contribution is -2.50. The summed E-state index contributed by atoms with van der Waals surface area (Å²) in [5.41, 5.74) is 10.5. The topological polar surface area (TPSA) is 197 Å². The molecule has 318 valence electrons. The molecule has 0 radical (unpaired) electrons. The molecule has 6 N–H and O–H groups in total. The van der Waals surface area contributed by atoms with Gasteiger partial charge in [0.2, 0.25) is 11.8 Å². The fraction of sp³-hybridized carbons (Fsp3) is 0.478. The maximum absolute atomic E-state index is 13.0. The van der Waals surface area contributed by atoms with Gasteiger partial charge in [-0.2, -0.15) is 0 Å². The van der Waals surface area contributed by atoms with E-state index in [0.717, 1.165) is 81.7 Å². The van der Waals surface area contributed by atoms with E-state index in [4.69, 9.17) is 9.97 Å². The van der Waals surface area contributed by atoms with Crippen LogP contribution in [0.4, 0.5) is 9.59 Å². The summed E-state index contributed by atoms with van der Waals surface area (Å²) in [6, 6.07) is 15.6. The number of nitrogens with zero attached hydrogens (tertiary/aromatic N) is 4. The van der Waals surface area contributed by atoms with Crippen molar-refractivity contribution in [2.24, 2.45) is 11.8 Å². The van der Waals surface area contributed by atoms with Crippen LogP contribution < -0.4 is 10.6 Å². The first-order valence-electron chi connectivity index (χ1n) is 21.3. The van der Waals surface area contributed by atoms with Crippen LogP contribution in [-0.2, 0) is 9.59 Å². The fourth-order valence-corrected chi connectivity index (χ4v) is 9.96. The second kappa shape index (κ2) is 17.2. The van der Waals surface area contributed by atoms with Crippen LogP contribution in [0.15, 0.2) is 48.5 Å². The average molecular weight is 819 g/mol. The van der Waals surface area contributed by atoms with Crippen molar-refractivity contribution in [3.8, 4) is 22.3 Å². The average Bonchev–Trinajstić information content (AvgIpc) is 3.99. The summed E-state index contributed by atoms with van der Waals surface area (Å²) in [4.78, 5) is 70.1. The third kappa shape index (κ3) is 8.27. The molecular formula is C46H58N8O6. The molecule has 2 aliphatic heterocycles. The molecule has 2 unspecified atom stereocenters. The molecule has 2 aromatic heterocycles. The Hall–Kier alpha value is -5.60. The fourth-order valence-electron chi connectivity index (χ4n) is 9.96. The van der Waals surface area contributed by atoms with Gasteiger partial charge in [0.25, 0.3) is 0 Å². The Kier molecular flexibility index (Phi) is 12.2. The minimum Gasteiger partial charge on any atom is -0.465 e. The number of benzene rings is 3. The number of rotatable bonds is 12.